The predicted octanol–water partition coefficient (Wildman–Crippen LogP) is 1.98. The van der Waals surface area contributed by atoms with Crippen molar-refractivity contribution in [2.45, 2.75) is 26.3 Å². The highest BCUT2D eigenvalue weighted by atomic mass is 16.4. The quantitative estimate of drug-likeness (QED) is 0.854. The maximum Gasteiger partial charge on any atom is 0.335 e. The number of nitrogens with zero attached hydrogens (tertiary/aromatic N) is 1. The number of nitrogens with one attached hydrogen (secondary N) is 1. The van der Waals surface area contributed by atoms with Crippen molar-refractivity contribution in [3.8, 4) is 0 Å². The van der Waals surface area contributed by atoms with E-state index in [0.717, 1.165) is 5.56 Å². The molecule has 2 N–H and O–H groups in total. The minimum absolute atomic E-state index is 0.0999. The number of hydrogen-bond donors (Lipinski definition) is 2. The lowest BCUT2D eigenvalue weighted by molar-refractivity contribution is 0.0697. The third kappa shape index (κ3) is 4.62. The van der Waals surface area contributed by atoms with Crippen LogP contribution >= 0.6 is 0 Å². The van der Waals surface area contributed by atoms with E-state index in [4.69, 9.17) is 5.11 Å². The predicted molar refractivity (Wildman–Crippen MR) is 73.4 cm³/mol. The smallest absolute Gasteiger partial charge is 0.335 e. The van der Waals surface area contributed by atoms with Crippen LogP contribution in [0.2, 0.25) is 0 Å². The molecule has 0 unspecified atom stereocenters. The summed E-state index contributed by atoms with van der Waals surface area (Å²) in [5.74, 6) is -0.932. The van der Waals surface area contributed by atoms with Gasteiger partial charge in [-0.25, -0.2) is 9.59 Å². The van der Waals surface area contributed by atoms with Crippen LogP contribution in [0.15, 0.2) is 24.3 Å². The standard InChI is InChI=1S/C14H20N2O3/c1-10(2)16(3)14(19)15-9-8-11-4-6-12(7-5-11)13(17)18/h4-7,10H,8-9H2,1-3H3,(H,15,19)(H,17,18). The van der Waals surface area contributed by atoms with Gasteiger partial charge in [-0.3, -0.25) is 0 Å². The SMILES string of the molecule is CC(C)N(C)C(=O)NCCc1ccc(C(=O)O)cc1. The molecule has 0 atom stereocenters. The number of carboxylic acids is 1. The van der Waals surface area contributed by atoms with Crippen LogP contribution in [0, 0.1) is 0 Å². The normalized spacial score (nSPS) is 10.3. The largest absolute Gasteiger partial charge is 0.478 e. The van der Waals surface area contributed by atoms with Gasteiger partial charge >= 0.3 is 12.0 Å². The summed E-state index contributed by atoms with van der Waals surface area (Å²) >= 11 is 0. The molecule has 1 aromatic carbocycles. The molecule has 104 valence electrons. The van der Waals surface area contributed by atoms with E-state index in [9.17, 15) is 9.59 Å². The molecular formula is C14H20N2O3. The molecule has 2 amide bonds. The summed E-state index contributed by atoms with van der Waals surface area (Å²) in [6.07, 6.45) is 0.678. The molecule has 1 rings (SSSR count). The topological polar surface area (TPSA) is 69.6 Å². The van der Waals surface area contributed by atoms with Crippen molar-refractivity contribution in [2.75, 3.05) is 13.6 Å². The van der Waals surface area contributed by atoms with Gasteiger partial charge in [-0.15, -0.1) is 0 Å². The number of rotatable bonds is 5. The first-order valence-corrected chi connectivity index (χ1v) is 6.24. The molecular weight excluding hydrogens is 244 g/mol. The average Bonchev–Trinajstić information content (AvgIpc) is 2.38. The van der Waals surface area contributed by atoms with Gasteiger partial charge in [0.25, 0.3) is 0 Å². The fraction of sp³-hybridized carbons (Fsp3) is 0.429. The van der Waals surface area contributed by atoms with E-state index < -0.39 is 5.97 Å². The van der Waals surface area contributed by atoms with Gasteiger partial charge in [0.2, 0.25) is 0 Å². The minimum atomic E-state index is -0.932. The fourth-order valence-corrected chi connectivity index (χ4v) is 1.49. The number of carboxylic acid groups (broad SMARTS) is 1. The maximum absolute atomic E-state index is 11.7. The van der Waals surface area contributed by atoms with Gasteiger partial charge in [0, 0.05) is 19.6 Å². The summed E-state index contributed by atoms with van der Waals surface area (Å²) in [5, 5.41) is 11.6. The second-order valence-corrected chi connectivity index (χ2v) is 4.69. The van der Waals surface area contributed by atoms with Crippen molar-refractivity contribution >= 4 is 12.0 Å². The van der Waals surface area contributed by atoms with E-state index in [-0.39, 0.29) is 17.6 Å². The molecule has 5 nitrogen and oxygen atoms in total. The van der Waals surface area contributed by atoms with E-state index in [1.54, 1.807) is 36.2 Å². The van der Waals surface area contributed by atoms with Crippen LogP contribution in [0.1, 0.15) is 29.8 Å². The Kier molecular flexibility index (Phi) is 5.36. The highest BCUT2D eigenvalue weighted by molar-refractivity contribution is 5.87. The maximum atomic E-state index is 11.7. The Balaban J connectivity index is 2.41. The average molecular weight is 264 g/mol. The van der Waals surface area contributed by atoms with Gasteiger partial charge in [-0.05, 0) is 38.0 Å². The summed E-state index contributed by atoms with van der Waals surface area (Å²) < 4.78 is 0. The first-order chi connectivity index (χ1) is 8.91. The van der Waals surface area contributed by atoms with Crippen LogP contribution < -0.4 is 5.32 Å². The highest BCUT2D eigenvalue weighted by Gasteiger charge is 2.10. The van der Waals surface area contributed by atoms with Crippen molar-refractivity contribution in [2.24, 2.45) is 0 Å². The van der Waals surface area contributed by atoms with Crippen molar-refractivity contribution < 1.29 is 14.7 Å². The summed E-state index contributed by atoms with van der Waals surface area (Å²) in [4.78, 5) is 24.0. The van der Waals surface area contributed by atoms with Crippen molar-refractivity contribution in [1.82, 2.24) is 10.2 Å². The van der Waals surface area contributed by atoms with E-state index in [1.807, 2.05) is 13.8 Å². The molecule has 0 saturated heterocycles. The Hall–Kier alpha value is -2.04. The zero-order chi connectivity index (χ0) is 14.4. The Morgan fingerprint density at radius 2 is 1.84 bits per heavy atom. The number of aromatic carboxylic acids is 1. The third-order valence-electron chi connectivity index (χ3n) is 2.99. The number of benzene rings is 1. The van der Waals surface area contributed by atoms with Crippen LogP contribution in [-0.2, 0) is 6.42 Å². The Morgan fingerprint density at radius 1 is 1.26 bits per heavy atom. The lowest BCUT2D eigenvalue weighted by Gasteiger charge is -2.21. The molecule has 1 aromatic rings. The fourth-order valence-electron chi connectivity index (χ4n) is 1.49. The number of urea groups is 1. The Labute approximate surface area is 113 Å². The monoisotopic (exact) mass is 264 g/mol. The second-order valence-electron chi connectivity index (χ2n) is 4.69. The van der Waals surface area contributed by atoms with Gasteiger partial charge in [0.1, 0.15) is 0 Å². The first kappa shape index (κ1) is 15.0. The van der Waals surface area contributed by atoms with Gasteiger partial charge in [-0.1, -0.05) is 12.1 Å². The molecule has 0 bridgehead atoms. The molecule has 0 radical (unpaired) electrons. The summed E-state index contributed by atoms with van der Waals surface area (Å²) in [5.41, 5.74) is 1.27. The summed E-state index contributed by atoms with van der Waals surface area (Å²) in [6, 6.07) is 6.73. The molecule has 0 aromatic heterocycles. The number of hydrogen-bond acceptors (Lipinski definition) is 2. The number of amides is 2. The van der Waals surface area contributed by atoms with Crippen LogP contribution in [0.25, 0.3) is 0 Å². The minimum Gasteiger partial charge on any atom is -0.478 e. The van der Waals surface area contributed by atoms with Crippen LogP contribution in [0.3, 0.4) is 0 Å². The summed E-state index contributed by atoms with van der Waals surface area (Å²) in [6.45, 7) is 4.43. The van der Waals surface area contributed by atoms with Crippen molar-refractivity contribution in [3.63, 3.8) is 0 Å². The number of carbonyl (C=O) groups is 2. The molecule has 0 fully saturated rings. The van der Waals surface area contributed by atoms with Crippen LogP contribution in [0.4, 0.5) is 4.79 Å². The van der Waals surface area contributed by atoms with Gasteiger partial charge in [0.05, 0.1) is 5.56 Å². The van der Waals surface area contributed by atoms with E-state index in [1.165, 1.54) is 0 Å². The molecule has 0 saturated carbocycles. The highest BCUT2D eigenvalue weighted by Crippen LogP contribution is 2.05. The second kappa shape index (κ2) is 6.78. The molecule has 0 aliphatic rings. The molecule has 0 spiro atoms. The summed E-state index contributed by atoms with van der Waals surface area (Å²) in [7, 11) is 1.75. The van der Waals surface area contributed by atoms with Crippen LogP contribution in [-0.4, -0.2) is 41.6 Å². The Bertz CT molecular complexity index is 441. The van der Waals surface area contributed by atoms with E-state index in [2.05, 4.69) is 5.32 Å². The zero-order valence-corrected chi connectivity index (χ0v) is 11.5. The van der Waals surface area contributed by atoms with Gasteiger partial charge < -0.3 is 15.3 Å². The van der Waals surface area contributed by atoms with Crippen molar-refractivity contribution in [1.29, 1.82) is 0 Å². The molecule has 0 aliphatic carbocycles. The van der Waals surface area contributed by atoms with Crippen molar-refractivity contribution in [3.05, 3.63) is 35.4 Å². The Morgan fingerprint density at radius 3 is 2.32 bits per heavy atom. The molecule has 5 heteroatoms. The van der Waals surface area contributed by atoms with E-state index in [0.29, 0.717) is 13.0 Å². The zero-order valence-electron chi connectivity index (χ0n) is 11.5. The van der Waals surface area contributed by atoms with Crippen LogP contribution in [0.5, 0.6) is 0 Å². The van der Waals surface area contributed by atoms with E-state index >= 15 is 0 Å². The molecule has 0 heterocycles. The third-order valence-corrected chi connectivity index (χ3v) is 2.99. The molecule has 19 heavy (non-hydrogen) atoms. The lowest BCUT2D eigenvalue weighted by Crippen LogP contribution is -2.41. The van der Waals surface area contributed by atoms with Gasteiger partial charge in [-0.2, -0.15) is 0 Å². The van der Waals surface area contributed by atoms with Gasteiger partial charge in [0.15, 0.2) is 0 Å². The number of carbonyl (C=O) groups excluding carboxylic acids is 1. The lowest BCUT2D eigenvalue weighted by atomic mass is 10.1. The first-order valence-electron chi connectivity index (χ1n) is 6.24. The molecule has 0 aliphatic heterocycles.